The van der Waals surface area contributed by atoms with E-state index in [4.69, 9.17) is 14.2 Å². The lowest BCUT2D eigenvalue weighted by atomic mass is 9.92. The molecule has 0 saturated carbocycles. The molecule has 2 aromatic carbocycles. The third-order valence-electron chi connectivity index (χ3n) is 5.28. The van der Waals surface area contributed by atoms with E-state index in [2.05, 4.69) is 10.6 Å². The molecule has 2 aliphatic heterocycles. The summed E-state index contributed by atoms with van der Waals surface area (Å²) in [4.78, 5) is 38.9. The molecule has 2 heterocycles. The summed E-state index contributed by atoms with van der Waals surface area (Å²) in [5.74, 6) is 0.779. The molecule has 0 aliphatic carbocycles. The van der Waals surface area contributed by atoms with Crippen molar-refractivity contribution >= 4 is 23.5 Å². The summed E-state index contributed by atoms with van der Waals surface area (Å²) in [6.45, 7) is 2.29. The number of carbonyl (C=O) groups is 3. The van der Waals surface area contributed by atoms with E-state index in [0.717, 1.165) is 11.3 Å². The van der Waals surface area contributed by atoms with Crippen molar-refractivity contribution in [2.45, 2.75) is 18.9 Å². The van der Waals surface area contributed by atoms with Crippen LogP contribution >= 0.6 is 0 Å². The molecular weight excluding hydrogens is 402 g/mol. The van der Waals surface area contributed by atoms with Crippen molar-refractivity contribution in [3.8, 4) is 17.2 Å². The highest BCUT2D eigenvalue weighted by Gasteiger charge is 2.49. The molecule has 0 bridgehead atoms. The second-order valence-electron chi connectivity index (χ2n) is 7.44. The van der Waals surface area contributed by atoms with Crippen molar-refractivity contribution in [2.24, 2.45) is 0 Å². The second kappa shape index (κ2) is 8.17. The van der Waals surface area contributed by atoms with Crippen molar-refractivity contribution < 1.29 is 28.6 Å². The fourth-order valence-electron chi connectivity index (χ4n) is 3.55. The number of anilines is 1. The van der Waals surface area contributed by atoms with E-state index in [-0.39, 0.29) is 0 Å². The molecule has 4 rings (SSSR count). The van der Waals surface area contributed by atoms with Gasteiger partial charge in [-0.1, -0.05) is 12.1 Å². The summed E-state index contributed by atoms with van der Waals surface area (Å²) >= 11 is 0. The van der Waals surface area contributed by atoms with Gasteiger partial charge in [0.15, 0.2) is 11.5 Å². The number of nitrogens with zero attached hydrogens (tertiary/aromatic N) is 1. The van der Waals surface area contributed by atoms with Gasteiger partial charge in [-0.15, -0.1) is 0 Å². The van der Waals surface area contributed by atoms with Gasteiger partial charge in [-0.25, -0.2) is 4.79 Å². The minimum Gasteiger partial charge on any atom is -0.497 e. The van der Waals surface area contributed by atoms with Gasteiger partial charge < -0.3 is 24.8 Å². The summed E-state index contributed by atoms with van der Waals surface area (Å²) < 4.78 is 16.3. The summed E-state index contributed by atoms with van der Waals surface area (Å²) in [6.07, 6.45) is 0.773. The number of rotatable bonds is 5. The number of benzene rings is 2. The normalized spacial score (nSPS) is 20.1. The maximum atomic E-state index is 13.0. The molecule has 2 aliphatic rings. The molecule has 4 amide bonds. The first-order valence-electron chi connectivity index (χ1n) is 9.89. The largest absolute Gasteiger partial charge is 0.497 e. The van der Waals surface area contributed by atoms with E-state index >= 15 is 0 Å². The molecule has 31 heavy (non-hydrogen) atoms. The van der Waals surface area contributed by atoms with Crippen LogP contribution in [0.4, 0.5) is 10.5 Å². The fourth-order valence-corrected chi connectivity index (χ4v) is 3.55. The van der Waals surface area contributed by atoms with E-state index in [1.807, 2.05) is 0 Å². The van der Waals surface area contributed by atoms with Crippen LogP contribution in [0.15, 0.2) is 42.5 Å². The van der Waals surface area contributed by atoms with Crippen LogP contribution in [-0.4, -0.2) is 49.6 Å². The maximum Gasteiger partial charge on any atom is 0.325 e. The summed E-state index contributed by atoms with van der Waals surface area (Å²) in [5, 5.41) is 5.38. The number of methoxy groups -OCH3 is 1. The Morgan fingerprint density at radius 3 is 2.55 bits per heavy atom. The Balaban J connectivity index is 1.45. The van der Waals surface area contributed by atoms with Gasteiger partial charge in [0.2, 0.25) is 5.91 Å². The van der Waals surface area contributed by atoms with Gasteiger partial charge >= 0.3 is 6.03 Å². The topological polar surface area (TPSA) is 106 Å². The molecule has 1 atom stereocenters. The van der Waals surface area contributed by atoms with E-state index < -0.39 is 29.9 Å². The molecular formula is C22H23N3O6. The highest BCUT2D eigenvalue weighted by Crippen LogP contribution is 2.33. The average molecular weight is 425 g/mol. The van der Waals surface area contributed by atoms with E-state index in [1.54, 1.807) is 56.5 Å². The number of carbonyl (C=O) groups excluding carboxylic acids is 3. The third-order valence-corrected chi connectivity index (χ3v) is 5.28. The highest BCUT2D eigenvalue weighted by molar-refractivity contribution is 6.10. The van der Waals surface area contributed by atoms with Gasteiger partial charge in [0.25, 0.3) is 5.91 Å². The smallest absolute Gasteiger partial charge is 0.325 e. The molecule has 162 valence electrons. The van der Waals surface area contributed by atoms with Crippen LogP contribution in [0.25, 0.3) is 0 Å². The van der Waals surface area contributed by atoms with Crippen LogP contribution in [0.2, 0.25) is 0 Å². The van der Waals surface area contributed by atoms with Crippen molar-refractivity contribution in [2.75, 3.05) is 32.2 Å². The lowest BCUT2D eigenvalue weighted by Gasteiger charge is -2.22. The van der Waals surface area contributed by atoms with Crippen molar-refractivity contribution in [1.29, 1.82) is 0 Å². The summed E-state index contributed by atoms with van der Waals surface area (Å²) in [5.41, 5.74) is -0.185. The first-order chi connectivity index (χ1) is 14.9. The van der Waals surface area contributed by atoms with Gasteiger partial charge in [0.05, 0.1) is 20.3 Å². The van der Waals surface area contributed by atoms with Gasteiger partial charge in [-0.2, -0.15) is 0 Å². The zero-order chi connectivity index (χ0) is 22.0. The lowest BCUT2D eigenvalue weighted by Crippen LogP contribution is -2.42. The zero-order valence-corrected chi connectivity index (χ0v) is 17.3. The number of imide groups is 1. The van der Waals surface area contributed by atoms with Crippen molar-refractivity contribution in [3.63, 3.8) is 0 Å². The Kier molecular flexibility index (Phi) is 5.41. The predicted molar refractivity (Wildman–Crippen MR) is 111 cm³/mol. The van der Waals surface area contributed by atoms with Crippen LogP contribution in [0.5, 0.6) is 17.2 Å². The molecule has 0 radical (unpaired) electrons. The highest BCUT2D eigenvalue weighted by atomic mass is 16.5. The molecule has 0 spiro atoms. The SMILES string of the molecule is COc1ccc([C@@]2(C)NC(=O)N(CC(=O)Nc3ccc4c(c3)OCCCO4)C2=O)cc1. The van der Waals surface area contributed by atoms with Crippen LogP contribution in [0.1, 0.15) is 18.9 Å². The first-order valence-corrected chi connectivity index (χ1v) is 9.89. The van der Waals surface area contributed by atoms with Crippen molar-refractivity contribution in [1.82, 2.24) is 10.2 Å². The van der Waals surface area contributed by atoms with E-state index in [9.17, 15) is 14.4 Å². The fraction of sp³-hybridized carbons (Fsp3) is 0.318. The van der Waals surface area contributed by atoms with Gasteiger partial charge in [0.1, 0.15) is 17.8 Å². The lowest BCUT2D eigenvalue weighted by molar-refractivity contribution is -0.133. The van der Waals surface area contributed by atoms with Gasteiger partial charge in [-0.05, 0) is 36.8 Å². The third kappa shape index (κ3) is 3.98. The van der Waals surface area contributed by atoms with Crippen molar-refractivity contribution in [3.05, 3.63) is 48.0 Å². The monoisotopic (exact) mass is 425 g/mol. The molecule has 1 saturated heterocycles. The second-order valence-corrected chi connectivity index (χ2v) is 7.44. The Hall–Kier alpha value is -3.75. The zero-order valence-electron chi connectivity index (χ0n) is 17.3. The van der Waals surface area contributed by atoms with E-state index in [1.165, 1.54) is 0 Å². The molecule has 1 fully saturated rings. The maximum absolute atomic E-state index is 13.0. The molecule has 9 nitrogen and oxygen atoms in total. The number of hydrogen-bond donors (Lipinski definition) is 2. The Labute approximate surface area is 179 Å². The summed E-state index contributed by atoms with van der Waals surface area (Å²) in [6, 6.07) is 11.3. The number of urea groups is 1. The van der Waals surface area contributed by atoms with Gasteiger partial charge in [-0.3, -0.25) is 14.5 Å². The van der Waals surface area contributed by atoms with Crippen LogP contribution in [0.3, 0.4) is 0 Å². The molecule has 2 aromatic rings. The van der Waals surface area contributed by atoms with Gasteiger partial charge in [0, 0.05) is 18.2 Å². The minimum absolute atomic E-state index is 0.412. The van der Waals surface area contributed by atoms with E-state index in [0.29, 0.717) is 41.7 Å². The molecule has 0 aromatic heterocycles. The first kappa shape index (κ1) is 20.5. The summed E-state index contributed by atoms with van der Waals surface area (Å²) in [7, 11) is 1.54. The number of ether oxygens (including phenoxy) is 3. The molecule has 2 N–H and O–H groups in total. The minimum atomic E-state index is -1.26. The Morgan fingerprint density at radius 1 is 1.13 bits per heavy atom. The Bertz CT molecular complexity index is 1020. The van der Waals surface area contributed by atoms with Crippen LogP contribution in [-0.2, 0) is 15.1 Å². The van der Waals surface area contributed by atoms with Crippen LogP contribution < -0.4 is 24.8 Å². The predicted octanol–water partition coefficient (Wildman–Crippen LogP) is 2.26. The number of hydrogen-bond acceptors (Lipinski definition) is 6. The molecule has 0 unspecified atom stereocenters. The quantitative estimate of drug-likeness (QED) is 0.712. The number of amides is 4. The number of nitrogens with one attached hydrogen (secondary N) is 2. The van der Waals surface area contributed by atoms with Crippen LogP contribution in [0, 0.1) is 0 Å². The Morgan fingerprint density at radius 2 is 1.84 bits per heavy atom. The average Bonchev–Trinajstić information content (AvgIpc) is 2.93. The molecule has 9 heteroatoms. The number of fused-ring (bicyclic) bond motifs is 1. The standard InChI is InChI=1S/C22H23N3O6/c1-22(14-4-7-16(29-2)8-5-14)20(27)25(21(28)24-22)13-19(26)23-15-6-9-17-18(12-15)31-11-3-10-30-17/h4-9,12H,3,10-11,13H2,1-2H3,(H,23,26)(H,24,28)/t22-/m1/s1.